The second-order valence-electron chi connectivity index (χ2n) is 3.89. The number of thioether (sulfide) groups is 1. The van der Waals surface area contributed by atoms with Crippen LogP contribution in [0, 0.1) is 5.92 Å². The standard InChI is InChI=1S/C12H14ClNOS/c13-10-2-1-3-11(8-10)14-12(15)9-4-6-16-7-5-9/h1-3,8-9H,4-7H2,(H,14,15). The third-order valence-electron chi connectivity index (χ3n) is 2.68. The van der Waals surface area contributed by atoms with E-state index in [9.17, 15) is 4.79 Å². The molecule has 16 heavy (non-hydrogen) atoms. The third kappa shape index (κ3) is 3.16. The Labute approximate surface area is 105 Å². The molecule has 4 heteroatoms. The Bertz CT molecular complexity index is 377. The Hall–Kier alpha value is -0.670. The number of hydrogen-bond donors (Lipinski definition) is 1. The zero-order valence-corrected chi connectivity index (χ0v) is 10.5. The van der Waals surface area contributed by atoms with Crippen molar-refractivity contribution in [3.05, 3.63) is 29.3 Å². The Kier molecular flexibility index (Phi) is 4.13. The Morgan fingerprint density at radius 2 is 2.12 bits per heavy atom. The highest BCUT2D eigenvalue weighted by Gasteiger charge is 2.21. The Morgan fingerprint density at radius 1 is 1.38 bits per heavy atom. The van der Waals surface area contributed by atoms with Crippen molar-refractivity contribution in [3.8, 4) is 0 Å². The van der Waals surface area contributed by atoms with E-state index in [0.29, 0.717) is 5.02 Å². The minimum atomic E-state index is 0.127. The summed E-state index contributed by atoms with van der Waals surface area (Å²) in [6, 6.07) is 7.28. The summed E-state index contributed by atoms with van der Waals surface area (Å²) in [5.41, 5.74) is 0.788. The number of halogens is 1. The van der Waals surface area contributed by atoms with Gasteiger partial charge >= 0.3 is 0 Å². The van der Waals surface area contributed by atoms with Gasteiger partial charge in [-0.3, -0.25) is 4.79 Å². The molecule has 0 radical (unpaired) electrons. The van der Waals surface area contributed by atoms with Gasteiger partial charge in [0.15, 0.2) is 0 Å². The molecule has 1 aliphatic heterocycles. The summed E-state index contributed by atoms with van der Waals surface area (Å²) in [5, 5.41) is 3.57. The van der Waals surface area contributed by atoms with Gasteiger partial charge in [0.05, 0.1) is 0 Å². The highest BCUT2D eigenvalue weighted by Crippen LogP contribution is 2.24. The van der Waals surface area contributed by atoms with Crippen molar-refractivity contribution in [2.45, 2.75) is 12.8 Å². The predicted octanol–water partition coefficient (Wildman–Crippen LogP) is 3.42. The molecule has 0 unspecified atom stereocenters. The molecule has 0 aliphatic carbocycles. The number of rotatable bonds is 2. The van der Waals surface area contributed by atoms with E-state index in [-0.39, 0.29) is 11.8 Å². The van der Waals surface area contributed by atoms with Crippen LogP contribution in [0.1, 0.15) is 12.8 Å². The van der Waals surface area contributed by atoms with Crippen molar-refractivity contribution in [1.29, 1.82) is 0 Å². The number of carbonyl (C=O) groups excluding carboxylic acids is 1. The normalized spacial score (nSPS) is 17.1. The van der Waals surface area contributed by atoms with Crippen LogP contribution in [0.5, 0.6) is 0 Å². The average molecular weight is 256 g/mol. The smallest absolute Gasteiger partial charge is 0.227 e. The SMILES string of the molecule is O=C(Nc1cccc(Cl)c1)C1CCSCC1. The number of anilines is 1. The first-order valence-corrected chi connectivity index (χ1v) is 6.93. The van der Waals surface area contributed by atoms with Crippen molar-refractivity contribution in [1.82, 2.24) is 0 Å². The van der Waals surface area contributed by atoms with Gasteiger partial charge < -0.3 is 5.32 Å². The molecule has 1 heterocycles. The van der Waals surface area contributed by atoms with Crippen LogP contribution in [0.25, 0.3) is 0 Å². The molecule has 0 aromatic heterocycles. The molecular weight excluding hydrogens is 242 g/mol. The molecule has 0 spiro atoms. The summed E-state index contributed by atoms with van der Waals surface area (Å²) in [5.74, 6) is 2.48. The van der Waals surface area contributed by atoms with Gasteiger partial charge in [-0.1, -0.05) is 17.7 Å². The largest absolute Gasteiger partial charge is 0.326 e. The minimum absolute atomic E-state index is 0.127. The quantitative estimate of drug-likeness (QED) is 0.877. The van der Waals surface area contributed by atoms with E-state index in [1.54, 1.807) is 12.1 Å². The van der Waals surface area contributed by atoms with Crippen molar-refractivity contribution in [3.63, 3.8) is 0 Å². The monoisotopic (exact) mass is 255 g/mol. The lowest BCUT2D eigenvalue weighted by molar-refractivity contribution is -0.120. The van der Waals surface area contributed by atoms with Crippen LogP contribution >= 0.6 is 23.4 Å². The topological polar surface area (TPSA) is 29.1 Å². The number of nitrogens with one attached hydrogen (secondary N) is 1. The molecule has 1 saturated heterocycles. The number of hydrogen-bond acceptors (Lipinski definition) is 2. The summed E-state index contributed by atoms with van der Waals surface area (Å²) in [7, 11) is 0. The van der Waals surface area contributed by atoms with Gasteiger partial charge in [-0.25, -0.2) is 0 Å². The highest BCUT2D eigenvalue weighted by molar-refractivity contribution is 7.99. The minimum Gasteiger partial charge on any atom is -0.326 e. The van der Waals surface area contributed by atoms with Crippen LogP contribution in [0.3, 0.4) is 0 Å². The Balaban J connectivity index is 1.96. The van der Waals surface area contributed by atoms with Crippen LogP contribution in [-0.4, -0.2) is 17.4 Å². The second kappa shape index (κ2) is 5.60. The average Bonchev–Trinajstić information content (AvgIpc) is 2.30. The molecule has 2 rings (SSSR count). The first-order chi connectivity index (χ1) is 7.75. The van der Waals surface area contributed by atoms with E-state index in [1.165, 1.54) is 0 Å². The molecular formula is C12H14ClNOS. The molecule has 1 aromatic rings. The maximum atomic E-state index is 11.9. The van der Waals surface area contributed by atoms with Crippen molar-refractivity contribution in [2.75, 3.05) is 16.8 Å². The van der Waals surface area contributed by atoms with E-state index in [0.717, 1.165) is 30.0 Å². The molecule has 0 bridgehead atoms. The molecule has 1 aliphatic rings. The number of carbonyl (C=O) groups is 1. The zero-order chi connectivity index (χ0) is 11.4. The number of amides is 1. The van der Waals surface area contributed by atoms with Crippen LogP contribution in [0.2, 0.25) is 5.02 Å². The molecule has 1 N–H and O–H groups in total. The predicted molar refractivity (Wildman–Crippen MR) is 70.1 cm³/mol. The maximum absolute atomic E-state index is 11.9. The van der Waals surface area contributed by atoms with E-state index in [2.05, 4.69) is 5.32 Å². The first-order valence-electron chi connectivity index (χ1n) is 5.40. The van der Waals surface area contributed by atoms with Gasteiger partial charge in [0.1, 0.15) is 0 Å². The highest BCUT2D eigenvalue weighted by atomic mass is 35.5. The number of benzene rings is 1. The van der Waals surface area contributed by atoms with Gasteiger partial charge in [-0.2, -0.15) is 11.8 Å². The fourth-order valence-electron chi connectivity index (χ4n) is 1.77. The van der Waals surface area contributed by atoms with E-state index < -0.39 is 0 Å². The van der Waals surface area contributed by atoms with Crippen molar-refractivity contribution < 1.29 is 4.79 Å². The lowest BCUT2D eigenvalue weighted by Gasteiger charge is -2.20. The fraction of sp³-hybridized carbons (Fsp3) is 0.417. The molecule has 0 saturated carbocycles. The fourth-order valence-corrected chi connectivity index (χ4v) is 3.07. The molecule has 2 nitrogen and oxygen atoms in total. The summed E-state index contributed by atoms with van der Waals surface area (Å²) < 4.78 is 0. The molecule has 1 aromatic carbocycles. The van der Waals surface area contributed by atoms with Gasteiger partial charge in [0.2, 0.25) is 5.91 Å². The van der Waals surface area contributed by atoms with E-state index >= 15 is 0 Å². The first kappa shape index (κ1) is 11.8. The summed E-state index contributed by atoms with van der Waals surface area (Å²) in [6.45, 7) is 0. The zero-order valence-electron chi connectivity index (χ0n) is 8.91. The summed E-state index contributed by atoms with van der Waals surface area (Å²) in [4.78, 5) is 11.9. The maximum Gasteiger partial charge on any atom is 0.227 e. The molecule has 86 valence electrons. The van der Waals surface area contributed by atoms with Crippen LogP contribution < -0.4 is 5.32 Å². The van der Waals surface area contributed by atoms with E-state index in [4.69, 9.17) is 11.6 Å². The van der Waals surface area contributed by atoms with Crippen LogP contribution in [0.15, 0.2) is 24.3 Å². The summed E-state index contributed by atoms with van der Waals surface area (Å²) >= 11 is 7.78. The van der Waals surface area contributed by atoms with Gasteiger partial charge in [-0.05, 0) is 42.5 Å². The van der Waals surface area contributed by atoms with E-state index in [1.807, 2.05) is 23.9 Å². The lowest BCUT2D eigenvalue weighted by Crippen LogP contribution is -2.26. The lowest BCUT2D eigenvalue weighted by atomic mass is 10.0. The summed E-state index contributed by atoms with van der Waals surface area (Å²) in [6.07, 6.45) is 1.97. The second-order valence-corrected chi connectivity index (χ2v) is 5.55. The molecule has 1 fully saturated rings. The van der Waals surface area contributed by atoms with Gasteiger partial charge in [0, 0.05) is 16.6 Å². The molecule has 0 atom stereocenters. The Morgan fingerprint density at radius 3 is 2.81 bits per heavy atom. The van der Waals surface area contributed by atoms with Gasteiger partial charge in [-0.15, -0.1) is 0 Å². The molecule has 1 amide bonds. The van der Waals surface area contributed by atoms with Crippen molar-refractivity contribution >= 4 is 35.0 Å². The van der Waals surface area contributed by atoms with Gasteiger partial charge in [0.25, 0.3) is 0 Å². The van der Waals surface area contributed by atoms with Crippen LogP contribution in [0.4, 0.5) is 5.69 Å². The van der Waals surface area contributed by atoms with Crippen LogP contribution in [-0.2, 0) is 4.79 Å². The van der Waals surface area contributed by atoms with Crippen molar-refractivity contribution in [2.24, 2.45) is 5.92 Å². The third-order valence-corrected chi connectivity index (χ3v) is 3.97.